The first-order valence-electron chi connectivity index (χ1n) is 6.97. The van der Waals surface area contributed by atoms with Gasteiger partial charge >= 0.3 is 0 Å². The van der Waals surface area contributed by atoms with Gasteiger partial charge in [0.25, 0.3) is 5.91 Å². The number of rotatable bonds is 2. The molecule has 2 heterocycles. The Labute approximate surface area is 126 Å². The van der Waals surface area contributed by atoms with Gasteiger partial charge in [0.1, 0.15) is 0 Å². The molecule has 22 heavy (non-hydrogen) atoms. The van der Waals surface area contributed by atoms with Gasteiger partial charge in [0.05, 0.1) is 5.57 Å². The summed E-state index contributed by atoms with van der Waals surface area (Å²) >= 11 is 0. The number of para-hydroxylation sites is 2. The normalized spacial score (nSPS) is 15.1. The smallest absolute Gasteiger partial charge is 0.256 e. The lowest BCUT2D eigenvalue weighted by atomic mass is 10.0. The Balaban J connectivity index is 1.80. The number of aromatic nitrogens is 1. The first-order chi connectivity index (χ1) is 10.7. The van der Waals surface area contributed by atoms with Crippen LogP contribution >= 0.6 is 0 Å². The molecule has 1 aliphatic rings. The third-order valence-corrected chi connectivity index (χ3v) is 3.84. The molecule has 0 saturated carbocycles. The van der Waals surface area contributed by atoms with Crippen molar-refractivity contribution in [3.63, 3.8) is 0 Å². The van der Waals surface area contributed by atoms with Crippen molar-refractivity contribution in [2.45, 2.75) is 0 Å². The fourth-order valence-electron chi connectivity index (χ4n) is 2.77. The van der Waals surface area contributed by atoms with Crippen LogP contribution in [-0.2, 0) is 4.79 Å². The van der Waals surface area contributed by atoms with Crippen LogP contribution in [0.1, 0.15) is 15.9 Å². The van der Waals surface area contributed by atoms with E-state index in [9.17, 15) is 9.59 Å². The number of benzene rings is 2. The monoisotopic (exact) mass is 288 g/mol. The van der Waals surface area contributed by atoms with Gasteiger partial charge in [-0.2, -0.15) is 0 Å². The highest BCUT2D eigenvalue weighted by atomic mass is 16.2. The summed E-state index contributed by atoms with van der Waals surface area (Å²) in [5.74, 6) is -0.423. The molecular formula is C18H12N2O2. The molecule has 1 aliphatic heterocycles. The number of hydrogen-bond donors (Lipinski definition) is 2. The number of fused-ring (bicyclic) bond motifs is 2. The maximum Gasteiger partial charge on any atom is 0.256 e. The highest BCUT2D eigenvalue weighted by Gasteiger charge is 2.24. The molecule has 106 valence electrons. The van der Waals surface area contributed by atoms with E-state index < -0.39 is 0 Å². The maximum atomic E-state index is 12.6. The van der Waals surface area contributed by atoms with Crippen LogP contribution in [0.15, 0.2) is 60.8 Å². The van der Waals surface area contributed by atoms with Gasteiger partial charge in [0.2, 0.25) is 0 Å². The van der Waals surface area contributed by atoms with Gasteiger partial charge in [0, 0.05) is 33.9 Å². The molecule has 0 aliphatic carbocycles. The van der Waals surface area contributed by atoms with E-state index in [1.54, 1.807) is 6.20 Å². The van der Waals surface area contributed by atoms with Gasteiger partial charge in [-0.05, 0) is 18.2 Å². The maximum absolute atomic E-state index is 12.6. The SMILES string of the molecule is O=C1Nc2ccccc2/C1=C/C(=O)c1c[nH]c2ccccc12. The van der Waals surface area contributed by atoms with Crippen molar-refractivity contribution in [3.05, 3.63) is 71.9 Å². The van der Waals surface area contributed by atoms with Crippen LogP contribution in [0.25, 0.3) is 16.5 Å². The summed E-state index contributed by atoms with van der Waals surface area (Å²) in [5.41, 5.74) is 3.39. The van der Waals surface area contributed by atoms with Crippen LogP contribution in [0.3, 0.4) is 0 Å². The third-order valence-electron chi connectivity index (χ3n) is 3.84. The number of allylic oxidation sites excluding steroid dienone is 1. The van der Waals surface area contributed by atoms with E-state index in [-0.39, 0.29) is 11.7 Å². The lowest BCUT2D eigenvalue weighted by Crippen LogP contribution is -2.05. The van der Waals surface area contributed by atoms with Crippen molar-refractivity contribution in [1.82, 2.24) is 4.98 Å². The molecule has 4 nitrogen and oxygen atoms in total. The zero-order chi connectivity index (χ0) is 15.1. The standard InChI is InChI=1S/C18H12N2O2/c21-17(14-10-19-15-7-3-1-6-12(14)15)9-13-11-5-2-4-8-16(11)20-18(13)22/h1-10,19H,(H,20,22)/b13-9-. The highest BCUT2D eigenvalue weighted by molar-refractivity contribution is 6.35. The van der Waals surface area contributed by atoms with Crippen molar-refractivity contribution in [1.29, 1.82) is 0 Å². The molecule has 2 aromatic carbocycles. The molecule has 4 heteroatoms. The molecule has 1 aromatic heterocycles. The average molecular weight is 288 g/mol. The molecule has 3 aromatic rings. The summed E-state index contributed by atoms with van der Waals surface area (Å²) in [6, 6.07) is 15.0. The van der Waals surface area contributed by atoms with E-state index in [1.807, 2.05) is 48.5 Å². The molecule has 0 unspecified atom stereocenters. The number of nitrogens with one attached hydrogen (secondary N) is 2. The fourth-order valence-corrected chi connectivity index (χ4v) is 2.77. The van der Waals surface area contributed by atoms with Crippen molar-refractivity contribution < 1.29 is 9.59 Å². The lowest BCUT2D eigenvalue weighted by molar-refractivity contribution is -0.110. The highest BCUT2D eigenvalue weighted by Crippen LogP contribution is 2.31. The van der Waals surface area contributed by atoms with Crippen LogP contribution in [0.4, 0.5) is 5.69 Å². The average Bonchev–Trinajstić information content (AvgIpc) is 3.09. The summed E-state index contributed by atoms with van der Waals surface area (Å²) in [5, 5.41) is 3.63. The van der Waals surface area contributed by atoms with Crippen molar-refractivity contribution in [3.8, 4) is 0 Å². The van der Waals surface area contributed by atoms with Crippen molar-refractivity contribution in [2.75, 3.05) is 5.32 Å². The molecule has 1 amide bonds. The van der Waals surface area contributed by atoms with Gasteiger partial charge in [-0.15, -0.1) is 0 Å². The molecular weight excluding hydrogens is 276 g/mol. The van der Waals surface area contributed by atoms with Gasteiger partial charge in [0.15, 0.2) is 5.78 Å². The number of carbonyl (C=O) groups is 2. The quantitative estimate of drug-likeness (QED) is 0.561. The molecule has 0 atom stereocenters. The minimum atomic E-state index is -0.241. The number of H-pyrrole nitrogens is 1. The van der Waals surface area contributed by atoms with Gasteiger partial charge < -0.3 is 10.3 Å². The summed E-state index contributed by atoms with van der Waals surface area (Å²) in [7, 11) is 0. The second-order valence-corrected chi connectivity index (χ2v) is 5.17. The Bertz CT molecular complexity index is 950. The molecule has 0 radical (unpaired) electrons. The van der Waals surface area contributed by atoms with E-state index in [0.717, 1.165) is 22.2 Å². The van der Waals surface area contributed by atoms with Crippen LogP contribution in [0, 0.1) is 0 Å². The zero-order valence-corrected chi connectivity index (χ0v) is 11.6. The van der Waals surface area contributed by atoms with Gasteiger partial charge in [-0.25, -0.2) is 0 Å². The summed E-state index contributed by atoms with van der Waals surface area (Å²) in [6.07, 6.45) is 3.10. The second kappa shape index (κ2) is 4.70. The Kier molecular flexibility index (Phi) is 2.69. The molecule has 4 rings (SSSR count). The van der Waals surface area contributed by atoms with E-state index >= 15 is 0 Å². The Morgan fingerprint density at radius 3 is 2.68 bits per heavy atom. The minimum absolute atomic E-state index is 0.181. The van der Waals surface area contributed by atoms with Crippen LogP contribution < -0.4 is 5.32 Å². The third kappa shape index (κ3) is 1.85. The van der Waals surface area contributed by atoms with Crippen LogP contribution in [0.2, 0.25) is 0 Å². The topological polar surface area (TPSA) is 62.0 Å². The van der Waals surface area contributed by atoms with Gasteiger partial charge in [-0.3, -0.25) is 9.59 Å². The molecule has 2 N–H and O–H groups in total. The molecule has 0 bridgehead atoms. The van der Waals surface area contributed by atoms with E-state index in [4.69, 9.17) is 0 Å². The minimum Gasteiger partial charge on any atom is -0.360 e. The molecule has 0 fully saturated rings. The first-order valence-corrected chi connectivity index (χ1v) is 6.97. The number of carbonyl (C=O) groups excluding carboxylic acids is 2. The number of hydrogen-bond acceptors (Lipinski definition) is 2. The molecule has 0 spiro atoms. The lowest BCUT2D eigenvalue weighted by Gasteiger charge is -1.97. The predicted molar refractivity (Wildman–Crippen MR) is 85.7 cm³/mol. The number of ketones is 1. The number of anilines is 1. The van der Waals surface area contributed by atoms with E-state index in [0.29, 0.717) is 11.1 Å². The Hall–Kier alpha value is -3.14. The van der Waals surface area contributed by atoms with Crippen molar-refractivity contribution >= 4 is 33.9 Å². The fraction of sp³-hybridized carbons (Fsp3) is 0. The summed E-state index contributed by atoms with van der Waals surface area (Å²) < 4.78 is 0. The summed E-state index contributed by atoms with van der Waals surface area (Å²) in [4.78, 5) is 27.7. The first kappa shape index (κ1) is 12.6. The molecule has 0 saturated heterocycles. The number of aromatic amines is 1. The Morgan fingerprint density at radius 2 is 1.77 bits per heavy atom. The Morgan fingerprint density at radius 1 is 1.00 bits per heavy atom. The van der Waals surface area contributed by atoms with E-state index in [2.05, 4.69) is 10.3 Å². The van der Waals surface area contributed by atoms with Crippen LogP contribution in [-0.4, -0.2) is 16.7 Å². The van der Waals surface area contributed by atoms with Crippen molar-refractivity contribution in [2.24, 2.45) is 0 Å². The predicted octanol–water partition coefficient (Wildman–Crippen LogP) is 3.39. The second-order valence-electron chi connectivity index (χ2n) is 5.17. The van der Waals surface area contributed by atoms with Crippen LogP contribution in [0.5, 0.6) is 0 Å². The number of amides is 1. The zero-order valence-electron chi connectivity index (χ0n) is 11.6. The van der Waals surface area contributed by atoms with E-state index in [1.165, 1.54) is 6.08 Å². The largest absolute Gasteiger partial charge is 0.360 e. The van der Waals surface area contributed by atoms with Gasteiger partial charge in [-0.1, -0.05) is 36.4 Å². The summed E-state index contributed by atoms with van der Waals surface area (Å²) in [6.45, 7) is 0.